The summed E-state index contributed by atoms with van der Waals surface area (Å²) in [5, 5.41) is 0. The molecule has 0 atom stereocenters. The Hall–Kier alpha value is -3.48. The van der Waals surface area contributed by atoms with Gasteiger partial charge in [0.15, 0.2) is 0 Å². The van der Waals surface area contributed by atoms with E-state index < -0.39 is 11.9 Å². The second-order valence-corrected chi connectivity index (χ2v) is 9.05. The van der Waals surface area contributed by atoms with Gasteiger partial charge >= 0.3 is 11.9 Å². The van der Waals surface area contributed by atoms with E-state index in [1.54, 1.807) is 12.1 Å². The van der Waals surface area contributed by atoms with Crippen molar-refractivity contribution in [2.45, 2.75) is 45.4 Å². The highest BCUT2D eigenvalue weighted by Crippen LogP contribution is 2.31. The van der Waals surface area contributed by atoms with Crippen molar-refractivity contribution in [2.24, 2.45) is 11.8 Å². The third-order valence-electron chi connectivity index (χ3n) is 6.30. The predicted molar refractivity (Wildman–Crippen MR) is 138 cm³/mol. The molecule has 2 aromatic rings. The average molecular weight is 481 g/mol. The van der Waals surface area contributed by atoms with Crippen LogP contribution in [0.4, 0.5) is 11.4 Å². The zero-order chi connectivity index (χ0) is 25.0. The largest absolute Gasteiger partial charge is 0.493 e. The molecule has 2 aromatic carbocycles. The van der Waals surface area contributed by atoms with E-state index in [1.807, 2.05) is 24.3 Å². The van der Waals surface area contributed by atoms with Gasteiger partial charge < -0.3 is 25.7 Å². The fraction of sp³-hybridized carbons (Fsp3) is 0.429. The molecule has 0 saturated heterocycles. The SMILES string of the molecule is CCC1CCC(COc2ccc(/C=C/C(=O)OCCCOC(=O)c3cc(N)cc(N)c3)cc2)CC1. The lowest BCUT2D eigenvalue weighted by Crippen LogP contribution is -2.19. The number of esters is 2. The van der Waals surface area contributed by atoms with Crippen molar-refractivity contribution < 1.29 is 23.8 Å². The fourth-order valence-electron chi connectivity index (χ4n) is 4.18. The zero-order valence-electron chi connectivity index (χ0n) is 20.4. The normalized spacial score (nSPS) is 17.7. The van der Waals surface area contributed by atoms with E-state index in [0.717, 1.165) is 23.8 Å². The van der Waals surface area contributed by atoms with Gasteiger partial charge in [-0.3, -0.25) is 0 Å². The highest BCUT2D eigenvalue weighted by molar-refractivity contribution is 5.91. The molecule has 1 aliphatic rings. The van der Waals surface area contributed by atoms with Crippen LogP contribution >= 0.6 is 0 Å². The molecule has 35 heavy (non-hydrogen) atoms. The molecule has 1 saturated carbocycles. The predicted octanol–water partition coefficient (Wildman–Crippen LogP) is 5.25. The van der Waals surface area contributed by atoms with E-state index in [4.69, 9.17) is 25.7 Å². The molecule has 0 heterocycles. The Morgan fingerprint density at radius 3 is 2.20 bits per heavy atom. The summed E-state index contributed by atoms with van der Waals surface area (Å²) < 4.78 is 16.3. The monoisotopic (exact) mass is 480 g/mol. The Labute approximate surface area is 207 Å². The van der Waals surface area contributed by atoms with Crippen molar-refractivity contribution >= 4 is 29.4 Å². The number of rotatable bonds is 11. The van der Waals surface area contributed by atoms with Gasteiger partial charge in [-0.2, -0.15) is 0 Å². The summed E-state index contributed by atoms with van der Waals surface area (Å²) in [4.78, 5) is 23.9. The lowest BCUT2D eigenvalue weighted by Gasteiger charge is -2.27. The second kappa shape index (κ2) is 13.4. The van der Waals surface area contributed by atoms with E-state index in [-0.39, 0.29) is 18.8 Å². The van der Waals surface area contributed by atoms with Crippen molar-refractivity contribution in [1.29, 1.82) is 0 Å². The number of nitrogen functional groups attached to an aromatic ring is 2. The first-order chi connectivity index (χ1) is 16.9. The molecule has 0 spiro atoms. The minimum absolute atomic E-state index is 0.117. The summed E-state index contributed by atoms with van der Waals surface area (Å²) in [7, 11) is 0. The zero-order valence-corrected chi connectivity index (χ0v) is 20.4. The number of ether oxygens (including phenoxy) is 3. The Balaban J connectivity index is 1.30. The van der Waals surface area contributed by atoms with Crippen LogP contribution in [0.5, 0.6) is 5.75 Å². The molecule has 1 aliphatic carbocycles. The summed E-state index contributed by atoms with van der Waals surface area (Å²) >= 11 is 0. The Bertz CT molecular complexity index is 975. The third-order valence-corrected chi connectivity index (χ3v) is 6.30. The van der Waals surface area contributed by atoms with Gasteiger partial charge in [0.05, 0.1) is 25.4 Å². The molecule has 0 radical (unpaired) electrons. The minimum atomic E-state index is -0.522. The number of carbonyl (C=O) groups is 2. The van der Waals surface area contributed by atoms with E-state index in [2.05, 4.69) is 6.92 Å². The van der Waals surface area contributed by atoms with Gasteiger partial charge in [0.2, 0.25) is 0 Å². The van der Waals surface area contributed by atoms with Gasteiger partial charge in [0.1, 0.15) is 5.75 Å². The molecular formula is C28H36N2O5. The van der Waals surface area contributed by atoms with Crippen LogP contribution in [0.15, 0.2) is 48.5 Å². The van der Waals surface area contributed by atoms with E-state index >= 15 is 0 Å². The van der Waals surface area contributed by atoms with Gasteiger partial charge in [-0.05, 0) is 66.6 Å². The van der Waals surface area contributed by atoms with Crippen molar-refractivity contribution in [2.75, 3.05) is 31.3 Å². The molecule has 0 bridgehead atoms. The van der Waals surface area contributed by atoms with Crippen molar-refractivity contribution in [3.8, 4) is 5.75 Å². The van der Waals surface area contributed by atoms with Gasteiger partial charge in [-0.15, -0.1) is 0 Å². The standard InChI is InChI=1S/C28H36N2O5/c1-2-20-4-6-22(7-5-20)19-35-26-11-8-21(9-12-26)10-13-27(31)33-14-3-15-34-28(32)23-16-24(29)18-25(30)17-23/h8-13,16-18,20,22H,2-7,14-15,19,29-30H2,1H3/b13-10+. The maximum Gasteiger partial charge on any atom is 0.338 e. The number of benzene rings is 2. The molecule has 4 N–H and O–H groups in total. The Morgan fingerprint density at radius 1 is 0.914 bits per heavy atom. The molecule has 0 aromatic heterocycles. The maximum atomic E-state index is 12.0. The maximum absolute atomic E-state index is 12.0. The number of hydrogen-bond acceptors (Lipinski definition) is 7. The summed E-state index contributed by atoms with van der Waals surface area (Å²) in [5.74, 6) is 1.40. The van der Waals surface area contributed by atoms with Crippen LogP contribution in [0.1, 0.15) is 61.4 Å². The summed E-state index contributed by atoms with van der Waals surface area (Å²) in [6.45, 7) is 3.30. The Kier molecular flexibility index (Phi) is 10.0. The molecule has 1 fully saturated rings. The first kappa shape index (κ1) is 26.1. The molecule has 0 unspecified atom stereocenters. The number of carbonyl (C=O) groups excluding carboxylic acids is 2. The number of nitrogens with two attached hydrogens (primary N) is 2. The fourth-order valence-corrected chi connectivity index (χ4v) is 4.18. The van der Waals surface area contributed by atoms with Crippen LogP contribution < -0.4 is 16.2 Å². The molecular weight excluding hydrogens is 444 g/mol. The van der Waals surface area contributed by atoms with Crippen molar-refractivity contribution in [3.05, 3.63) is 59.7 Å². The number of hydrogen-bond donors (Lipinski definition) is 2. The average Bonchev–Trinajstić information content (AvgIpc) is 2.86. The van der Waals surface area contributed by atoms with Crippen LogP contribution in [0, 0.1) is 11.8 Å². The first-order valence-electron chi connectivity index (χ1n) is 12.3. The first-order valence-corrected chi connectivity index (χ1v) is 12.3. The van der Waals surface area contributed by atoms with Crippen molar-refractivity contribution in [3.63, 3.8) is 0 Å². The van der Waals surface area contributed by atoms with Crippen LogP contribution in [0.3, 0.4) is 0 Å². The lowest BCUT2D eigenvalue weighted by atomic mass is 9.81. The van der Waals surface area contributed by atoms with Crippen LogP contribution in [-0.2, 0) is 14.3 Å². The van der Waals surface area contributed by atoms with Crippen molar-refractivity contribution in [1.82, 2.24) is 0 Å². The molecule has 7 heteroatoms. The smallest absolute Gasteiger partial charge is 0.338 e. The van der Waals surface area contributed by atoms with Gasteiger partial charge in [0.25, 0.3) is 0 Å². The highest BCUT2D eigenvalue weighted by atomic mass is 16.5. The van der Waals surface area contributed by atoms with Crippen LogP contribution in [-0.4, -0.2) is 31.8 Å². The highest BCUT2D eigenvalue weighted by Gasteiger charge is 2.20. The topological polar surface area (TPSA) is 114 Å². The molecule has 188 valence electrons. The van der Waals surface area contributed by atoms with Gasteiger partial charge in [0, 0.05) is 23.9 Å². The third kappa shape index (κ3) is 9.00. The molecule has 0 aliphatic heterocycles. The van der Waals surface area contributed by atoms with Gasteiger partial charge in [-0.1, -0.05) is 38.3 Å². The quantitative estimate of drug-likeness (QED) is 0.195. The summed E-state index contributed by atoms with van der Waals surface area (Å²) in [6.07, 6.45) is 9.87. The molecule has 3 rings (SSSR count). The molecule has 0 amide bonds. The summed E-state index contributed by atoms with van der Waals surface area (Å²) in [6, 6.07) is 12.2. The van der Waals surface area contributed by atoms with Crippen LogP contribution in [0.2, 0.25) is 0 Å². The van der Waals surface area contributed by atoms with Gasteiger partial charge in [-0.25, -0.2) is 9.59 Å². The second-order valence-electron chi connectivity index (χ2n) is 9.05. The van der Waals surface area contributed by atoms with E-state index in [9.17, 15) is 9.59 Å². The van der Waals surface area contributed by atoms with E-state index in [1.165, 1.54) is 50.3 Å². The molecule has 7 nitrogen and oxygen atoms in total. The van der Waals surface area contributed by atoms with E-state index in [0.29, 0.717) is 23.7 Å². The van der Waals surface area contributed by atoms with Crippen LogP contribution in [0.25, 0.3) is 6.08 Å². The lowest BCUT2D eigenvalue weighted by molar-refractivity contribution is -0.137. The summed E-state index contributed by atoms with van der Waals surface area (Å²) in [5.41, 5.74) is 13.3. The Morgan fingerprint density at radius 2 is 1.54 bits per heavy atom. The minimum Gasteiger partial charge on any atom is -0.493 e. The number of anilines is 2.